The van der Waals surface area contributed by atoms with Crippen LogP contribution in [0.2, 0.25) is 0 Å². The molecule has 0 aromatic carbocycles. The summed E-state index contributed by atoms with van der Waals surface area (Å²) >= 11 is 0. The van der Waals surface area contributed by atoms with Gasteiger partial charge in [-0.1, -0.05) is 6.07 Å². The molecule has 3 N–H and O–H groups in total. The fourth-order valence-corrected chi connectivity index (χ4v) is 0.912. The fourth-order valence-electron chi connectivity index (χ4n) is 0.912. The third-order valence-electron chi connectivity index (χ3n) is 1.49. The van der Waals surface area contributed by atoms with Crippen LogP contribution in [0.5, 0.6) is 0 Å². The first-order valence-electron chi connectivity index (χ1n) is 4.26. The molecule has 80 valence electrons. The van der Waals surface area contributed by atoms with Gasteiger partial charge in [-0.15, -0.1) is 0 Å². The Labute approximate surface area is 86.4 Å². The van der Waals surface area contributed by atoms with E-state index in [1.807, 2.05) is 0 Å². The molecule has 0 unspecified atom stereocenters. The van der Waals surface area contributed by atoms with Gasteiger partial charge < -0.3 is 5.73 Å². The number of amides is 2. The molecule has 15 heavy (non-hydrogen) atoms. The summed E-state index contributed by atoms with van der Waals surface area (Å²) in [6, 6.07) is 3.49. The molecule has 1 aromatic heterocycles. The fraction of sp³-hybridized carbons (Fsp3) is 0.222. The lowest BCUT2D eigenvalue weighted by atomic mass is 10.2. The molecule has 6 heteroatoms. The highest BCUT2D eigenvalue weighted by Crippen LogP contribution is 1.96. The highest BCUT2D eigenvalue weighted by molar-refractivity contribution is 5.78. The van der Waals surface area contributed by atoms with Crippen molar-refractivity contribution in [1.29, 1.82) is 0 Å². The molecule has 6 nitrogen and oxygen atoms in total. The zero-order valence-corrected chi connectivity index (χ0v) is 7.97. The molecule has 0 saturated carbocycles. The monoisotopic (exact) mass is 209 g/mol. The smallest absolute Gasteiger partial charge is 0.248 e. The number of nitrogens with two attached hydrogens (primary N) is 1. The molecular formula is C9H11N3O3. The van der Waals surface area contributed by atoms with E-state index in [4.69, 9.17) is 5.73 Å². The maximum Gasteiger partial charge on any atom is 0.248 e. The van der Waals surface area contributed by atoms with Crippen LogP contribution in [-0.4, -0.2) is 23.4 Å². The summed E-state index contributed by atoms with van der Waals surface area (Å²) in [5.41, 5.74) is 7.66. The first-order valence-corrected chi connectivity index (χ1v) is 4.26. The van der Waals surface area contributed by atoms with Crippen molar-refractivity contribution in [3.8, 4) is 0 Å². The molecule has 1 aromatic rings. The molecule has 0 fully saturated rings. The lowest BCUT2D eigenvalue weighted by Crippen LogP contribution is -2.30. The van der Waals surface area contributed by atoms with Crippen LogP contribution < -0.4 is 11.2 Å². The maximum absolute atomic E-state index is 11.2. The van der Waals surface area contributed by atoms with E-state index in [-0.39, 0.29) is 18.9 Å². The molecule has 0 saturated heterocycles. The molecule has 0 aliphatic rings. The second-order valence-corrected chi connectivity index (χ2v) is 2.82. The van der Waals surface area contributed by atoms with Gasteiger partial charge in [0.25, 0.3) is 0 Å². The van der Waals surface area contributed by atoms with Gasteiger partial charge in [0.15, 0.2) is 6.61 Å². The number of pyridine rings is 1. The molecule has 0 spiro atoms. The molecule has 0 radical (unpaired) electrons. The van der Waals surface area contributed by atoms with E-state index in [0.717, 1.165) is 5.56 Å². The Morgan fingerprint density at radius 3 is 2.93 bits per heavy atom. The van der Waals surface area contributed by atoms with Crippen molar-refractivity contribution < 1.29 is 14.4 Å². The number of primary amides is 1. The minimum absolute atomic E-state index is 0.145. The Hall–Kier alpha value is -1.95. The van der Waals surface area contributed by atoms with E-state index < -0.39 is 5.91 Å². The largest absolute Gasteiger partial charge is 0.368 e. The zero-order chi connectivity index (χ0) is 11.1. The van der Waals surface area contributed by atoms with E-state index in [9.17, 15) is 9.59 Å². The first kappa shape index (κ1) is 11.1. The highest BCUT2D eigenvalue weighted by Gasteiger charge is 2.03. The van der Waals surface area contributed by atoms with Crippen LogP contribution in [-0.2, 0) is 20.8 Å². The van der Waals surface area contributed by atoms with Crippen LogP contribution in [0.3, 0.4) is 0 Å². The average Bonchev–Trinajstić information content (AvgIpc) is 2.18. The van der Waals surface area contributed by atoms with Gasteiger partial charge in [-0.25, -0.2) is 5.48 Å². The predicted molar refractivity (Wildman–Crippen MR) is 51.2 cm³/mol. The quantitative estimate of drug-likeness (QED) is 0.618. The van der Waals surface area contributed by atoms with Crippen molar-refractivity contribution in [3.63, 3.8) is 0 Å². The lowest BCUT2D eigenvalue weighted by molar-refractivity contribution is -0.137. The first-order chi connectivity index (χ1) is 7.18. The van der Waals surface area contributed by atoms with Gasteiger partial charge in [0, 0.05) is 12.4 Å². The number of hydrogen-bond acceptors (Lipinski definition) is 4. The van der Waals surface area contributed by atoms with Crippen LogP contribution in [0.25, 0.3) is 0 Å². The van der Waals surface area contributed by atoms with Crippen LogP contribution in [0.15, 0.2) is 24.5 Å². The van der Waals surface area contributed by atoms with E-state index in [2.05, 4.69) is 15.3 Å². The summed E-state index contributed by atoms with van der Waals surface area (Å²) < 4.78 is 0. The van der Waals surface area contributed by atoms with Gasteiger partial charge in [-0.05, 0) is 11.6 Å². The van der Waals surface area contributed by atoms with Crippen molar-refractivity contribution >= 4 is 11.8 Å². The minimum Gasteiger partial charge on any atom is -0.368 e. The van der Waals surface area contributed by atoms with E-state index in [0.29, 0.717) is 0 Å². The van der Waals surface area contributed by atoms with Crippen LogP contribution in [0.4, 0.5) is 0 Å². The lowest BCUT2D eigenvalue weighted by Gasteiger charge is -2.03. The zero-order valence-electron chi connectivity index (χ0n) is 7.97. The third-order valence-corrected chi connectivity index (χ3v) is 1.49. The summed E-state index contributed by atoms with van der Waals surface area (Å²) in [4.78, 5) is 29.8. The van der Waals surface area contributed by atoms with Crippen molar-refractivity contribution in [3.05, 3.63) is 30.1 Å². The van der Waals surface area contributed by atoms with Crippen molar-refractivity contribution in [2.24, 2.45) is 5.73 Å². The number of hydroxylamine groups is 1. The Morgan fingerprint density at radius 2 is 2.33 bits per heavy atom. The number of hydrogen-bond donors (Lipinski definition) is 2. The molecular weight excluding hydrogens is 198 g/mol. The summed E-state index contributed by atoms with van der Waals surface area (Å²) in [5.74, 6) is -0.999. The van der Waals surface area contributed by atoms with Crippen molar-refractivity contribution in [1.82, 2.24) is 10.5 Å². The van der Waals surface area contributed by atoms with Gasteiger partial charge in [-0.3, -0.25) is 19.4 Å². The molecule has 0 bridgehead atoms. The van der Waals surface area contributed by atoms with E-state index in [1.165, 1.54) is 0 Å². The van der Waals surface area contributed by atoms with E-state index in [1.54, 1.807) is 24.5 Å². The number of aromatic nitrogens is 1. The van der Waals surface area contributed by atoms with Crippen molar-refractivity contribution in [2.75, 3.05) is 6.61 Å². The standard InChI is InChI=1S/C9H11N3O3/c10-8(13)6-15-12-9(14)4-7-2-1-3-11-5-7/h1-3,5H,4,6H2,(H2,10,13)(H,12,14). The predicted octanol–water partition coefficient (Wildman–Crippen LogP) is -0.843. The van der Waals surface area contributed by atoms with Gasteiger partial charge in [-0.2, -0.15) is 0 Å². The van der Waals surface area contributed by atoms with Gasteiger partial charge in [0.2, 0.25) is 11.8 Å². The van der Waals surface area contributed by atoms with E-state index >= 15 is 0 Å². The average molecular weight is 209 g/mol. The highest BCUT2D eigenvalue weighted by atomic mass is 16.7. The number of carbonyl (C=O) groups excluding carboxylic acids is 2. The molecule has 2 amide bonds. The SMILES string of the molecule is NC(=O)CONC(=O)Cc1cccnc1. The molecule has 0 atom stereocenters. The summed E-state index contributed by atoms with van der Waals surface area (Å²) in [6.07, 6.45) is 3.34. The second-order valence-electron chi connectivity index (χ2n) is 2.82. The molecule has 0 aliphatic heterocycles. The summed E-state index contributed by atoms with van der Waals surface area (Å²) in [5, 5.41) is 0. The number of nitrogens with zero attached hydrogens (tertiary/aromatic N) is 1. The topological polar surface area (TPSA) is 94.3 Å². The van der Waals surface area contributed by atoms with Gasteiger partial charge in [0.1, 0.15) is 0 Å². The van der Waals surface area contributed by atoms with Crippen LogP contribution in [0.1, 0.15) is 5.56 Å². The molecule has 1 heterocycles. The third kappa shape index (κ3) is 4.72. The summed E-state index contributed by atoms with van der Waals surface area (Å²) in [7, 11) is 0. The second kappa shape index (κ2) is 5.71. The Bertz CT molecular complexity index is 340. The number of nitrogens with one attached hydrogen (secondary N) is 1. The van der Waals surface area contributed by atoms with Gasteiger partial charge >= 0.3 is 0 Å². The molecule has 0 aliphatic carbocycles. The Morgan fingerprint density at radius 1 is 1.53 bits per heavy atom. The van der Waals surface area contributed by atoms with Gasteiger partial charge in [0.05, 0.1) is 6.42 Å². The summed E-state index contributed by atoms with van der Waals surface area (Å²) in [6.45, 7) is -0.335. The van der Waals surface area contributed by atoms with Crippen molar-refractivity contribution in [2.45, 2.75) is 6.42 Å². The van der Waals surface area contributed by atoms with Crippen LogP contribution >= 0.6 is 0 Å². The maximum atomic E-state index is 11.2. The number of carbonyl (C=O) groups is 2. The Balaban J connectivity index is 2.28. The normalized spacial score (nSPS) is 9.60. The minimum atomic E-state index is -0.642. The molecule has 1 rings (SSSR count). The number of rotatable bonds is 5. The van der Waals surface area contributed by atoms with Crippen LogP contribution in [0, 0.1) is 0 Å². The Kier molecular flexibility index (Phi) is 4.24.